The van der Waals surface area contributed by atoms with Gasteiger partial charge in [0, 0.05) is 5.56 Å². The zero-order chi connectivity index (χ0) is 14.5. The molecule has 0 amide bonds. The average Bonchev–Trinajstić information content (AvgIpc) is 2.91. The molecule has 2 aromatic rings. The number of aromatic nitrogens is 2. The summed E-state index contributed by atoms with van der Waals surface area (Å²) >= 11 is 5.91. The van der Waals surface area contributed by atoms with E-state index in [1.165, 1.54) is 0 Å². The van der Waals surface area contributed by atoms with Gasteiger partial charge in [-0.2, -0.15) is 0 Å². The van der Waals surface area contributed by atoms with Crippen LogP contribution in [0.25, 0.3) is 11.5 Å². The van der Waals surface area contributed by atoms with Crippen molar-refractivity contribution in [3.63, 3.8) is 0 Å². The van der Waals surface area contributed by atoms with Crippen molar-refractivity contribution in [1.82, 2.24) is 10.2 Å². The molecule has 0 saturated heterocycles. The third-order valence-corrected chi connectivity index (χ3v) is 2.76. The molecule has 0 saturated carbocycles. The monoisotopic (exact) mass is 296 g/mol. The fourth-order valence-corrected chi connectivity index (χ4v) is 1.78. The van der Waals surface area contributed by atoms with Crippen molar-refractivity contribution in [2.45, 2.75) is 26.1 Å². The summed E-state index contributed by atoms with van der Waals surface area (Å²) in [6, 6.07) is 5.51. The van der Waals surface area contributed by atoms with Crippen LogP contribution >= 0.6 is 11.6 Å². The number of benzene rings is 1. The molecule has 6 heteroatoms. The second kappa shape index (κ2) is 6.61. The minimum atomic E-state index is -0.315. The fraction of sp³-hybridized carbons (Fsp3) is 0.429. The first-order chi connectivity index (χ1) is 9.65. The van der Waals surface area contributed by atoms with Gasteiger partial charge in [-0.25, -0.2) is 0 Å². The molecule has 0 aliphatic heterocycles. The largest absolute Gasteiger partial charge is 0.490 e. The van der Waals surface area contributed by atoms with Crippen LogP contribution in [0, 0.1) is 0 Å². The summed E-state index contributed by atoms with van der Waals surface area (Å²) in [5.74, 6) is 2.17. The van der Waals surface area contributed by atoms with Gasteiger partial charge < -0.3 is 13.9 Å². The lowest BCUT2D eigenvalue weighted by Crippen LogP contribution is -1.98. The van der Waals surface area contributed by atoms with Crippen LogP contribution in [-0.4, -0.2) is 23.4 Å². The van der Waals surface area contributed by atoms with E-state index in [0.717, 1.165) is 5.56 Å². The van der Waals surface area contributed by atoms with Crippen LogP contribution in [0.4, 0.5) is 0 Å². The van der Waals surface area contributed by atoms with E-state index < -0.39 is 0 Å². The summed E-state index contributed by atoms with van der Waals surface area (Å²) in [4.78, 5) is 0. The summed E-state index contributed by atoms with van der Waals surface area (Å²) in [6.45, 7) is 6.76. The molecule has 1 heterocycles. The third kappa shape index (κ3) is 3.22. The van der Waals surface area contributed by atoms with E-state index >= 15 is 0 Å². The maximum atomic E-state index is 5.91. The Kier molecular flexibility index (Phi) is 4.84. The first-order valence-electron chi connectivity index (χ1n) is 6.53. The van der Waals surface area contributed by atoms with Gasteiger partial charge in [0.25, 0.3) is 0 Å². The molecule has 108 valence electrons. The summed E-state index contributed by atoms with van der Waals surface area (Å²) in [6.07, 6.45) is 0. The van der Waals surface area contributed by atoms with Crippen LogP contribution < -0.4 is 9.47 Å². The Hall–Kier alpha value is -1.75. The molecule has 20 heavy (non-hydrogen) atoms. The zero-order valence-electron chi connectivity index (χ0n) is 11.7. The predicted molar refractivity (Wildman–Crippen MR) is 76.3 cm³/mol. The molecule has 0 N–H and O–H groups in total. The highest BCUT2D eigenvalue weighted by Gasteiger charge is 2.15. The number of alkyl halides is 1. The third-order valence-electron chi connectivity index (χ3n) is 2.57. The van der Waals surface area contributed by atoms with Crippen molar-refractivity contribution in [3.05, 3.63) is 24.1 Å². The van der Waals surface area contributed by atoms with Gasteiger partial charge in [-0.05, 0) is 39.0 Å². The highest BCUT2D eigenvalue weighted by atomic mass is 35.5. The van der Waals surface area contributed by atoms with Gasteiger partial charge in [0.15, 0.2) is 11.5 Å². The van der Waals surface area contributed by atoms with Crippen molar-refractivity contribution >= 4 is 11.6 Å². The highest BCUT2D eigenvalue weighted by molar-refractivity contribution is 6.20. The van der Waals surface area contributed by atoms with Crippen molar-refractivity contribution in [2.24, 2.45) is 0 Å². The maximum Gasteiger partial charge on any atom is 0.247 e. The first-order valence-corrected chi connectivity index (χ1v) is 6.96. The molecule has 5 nitrogen and oxygen atoms in total. The predicted octanol–water partition coefficient (Wildman–Crippen LogP) is 3.83. The molecular formula is C14H17ClN2O3. The van der Waals surface area contributed by atoms with Gasteiger partial charge in [0.05, 0.1) is 13.2 Å². The Morgan fingerprint density at radius 1 is 1.15 bits per heavy atom. The number of halogens is 1. The Labute approximate surface area is 122 Å². The van der Waals surface area contributed by atoms with Crippen molar-refractivity contribution in [3.8, 4) is 23.0 Å². The van der Waals surface area contributed by atoms with Crippen molar-refractivity contribution in [2.75, 3.05) is 13.2 Å². The number of rotatable bonds is 6. The molecule has 0 radical (unpaired) electrons. The van der Waals surface area contributed by atoms with Gasteiger partial charge in [0.2, 0.25) is 11.8 Å². The number of hydrogen-bond acceptors (Lipinski definition) is 5. The molecule has 0 aliphatic rings. The van der Waals surface area contributed by atoms with E-state index in [1.54, 1.807) is 6.92 Å². The first kappa shape index (κ1) is 14.7. The minimum Gasteiger partial charge on any atom is -0.490 e. The summed E-state index contributed by atoms with van der Waals surface area (Å²) < 4.78 is 16.6. The molecule has 0 fully saturated rings. The SMILES string of the molecule is CCOc1ccc(-c2nnc(C(C)Cl)o2)cc1OCC. The second-order valence-corrected chi connectivity index (χ2v) is 4.74. The van der Waals surface area contributed by atoms with E-state index in [9.17, 15) is 0 Å². The van der Waals surface area contributed by atoms with Gasteiger partial charge >= 0.3 is 0 Å². The summed E-state index contributed by atoms with van der Waals surface area (Å²) in [5, 5.41) is 7.58. The van der Waals surface area contributed by atoms with Crippen LogP contribution in [-0.2, 0) is 0 Å². The lowest BCUT2D eigenvalue weighted by atomic mass is 10.2. The van der Waals surface area contributed by atoms with Crippen molar-refractivity contribution < 1.29 is 13.9 Å². The molecule has 0 spiro atoms. The van der Waals surface area contributed by atoms with Crippen LogP contribution in [0.5, 0.6) is 11.5 Å². The van der Waals surface area contributed by atoms with Crippen molar-refractivity contribution in [1.29, 1.82) is 0 Å². The van der Waals surface area contributed by atoms with Gasteiger partial charge in [-0.3, -0.25) is 0 Å². The standard InChI is InChI=1S/C14H17ClN2O3/c1-4-18-11-7-6-10(8-12(11)19-5-2)14-17-16-13(20-14)9(3)15/h6-9H,4-5H2,1-3H3. The van der Waals surface area contributed by atoms with Gasteiger partial charge in [-0.15, -0.1) is 21.8 Å². The number of nitrogens with zero attached hydrogens (tertiary/aromatic N) is 2. The van der Waals surface area contributed by atoms with E-state index in [0.29, 0.717) is 36.5 Å². The normalized spacial score (nSPS) is 12.2. The molecular weight excluding hydrogens is 280 g/mol. The van der Waals surface area contributed by atoms with Crippen LogP contribution in [0.15, 0.2) is 22.6 Å². The highest BCUT2D eigenvalue weighted by Crippen LogP contribution is 2.33. The van der Waals surface area contributed by atoms with E-state index in [2.05, 4.69) is 10.2 Å². The molecule has 0 aliphatic carbocycles. The van der Waals surface area contributed by atoms with Crippen LogP contribution in [0.3, 0.4) is 0 Å². The second-order valence-electron chi connectivity index (χ2n) is 4.09. The maximum absolute atomic E-state index is 5.91. The number of ether oxygens (including phenoxy) is 2. The molecule has 1 unspecified atom stereocenters. The Morgan fingerprint density at radius 2 is 1.85 bits per heavy atom. The molecule has 2 rings (SSSR count). The summed E-state index contributed by atoms with van der Waals surface area (Å²) in [5.41, 5.74) is 0.771. The van der Waals surface area contributed by atoms with E-state index in [1.807, 2.05) is 32.0 Å². The van der Waals surface area contributed by atoms with E-state index in [4.69, 9.17) is 25.5 Å². The fourth-order valence-electron chi connectivity index (χ4n) is 1.70. The Morgan fingerprint density at radius 3 is 2.45 bits per heavy atom. The molecule has 1 aromatic heterocycles. The molecule has 1 aromatic carbocycles. The average molecular weight is 297 g/mol. The number of hydrogen-bond donors (Lipinski definition) is 0. The lowest BCUT2D eigenvalue weighted by Gasteiger charge is -2.11. The van der Waals surface area contributed by atoms with E-state index in [-0.39, 0.29) is 5.38 Å². The smallest absolute Gasteiger partial charge is 0.247 e. The summed E-state index contributed by atoms with van der Waals surface area (Å²) in [7, 11) is 0. The topological polar surface area (TPSA) is 57.4 Å². The Bertz CT molecular complexity index is 569. The molecule has 1 atom stereocenters. The zero-order valence-corrected chi connectivity index (χ0v) is 12.5. The van der Waals surface area contributed by atoms with Crippen LogP contribution in [0.2, 0.25) is 0 Å². The van der Waals surface area contributed by atoms with Gasteiger partial charge in [0.1, 0.15) is 5.38 Å². The quantitative estimate of drug-likeness (QED) is 0.758. The minimum absolute atomic E-state index is 0.315. The Balaban J connectivity index is 2.33. The van der Waals surface area contributed by atoms with Gasteiger partial charge in [-0.1, -0.05) is 0 Å². The molecule has 0 bridgehead atoms. The lowest BCUT2D eigenvalue weighted by molar-refractivity contribution is 0.288. The van der Waals surface area contributed by atoms with Crippen LogP contribution in [0.1, 0.15) is 32.0 Å².